The van der Waals surface area contributed by atoms with Crippen LogP contribution < -0.4 is 15.9 Å². The minimum atomic E-state index is -1.36. The van der Waals surface area contributed by atoms with E-state index in [0.717, 1.165) is 0 Å². The summed E-state index contributed by atoms with van der Waals surface area (Å²) in [6, 6.07) is 7.36. The molecular weight excluding hydrogens is 403 g/mol. The van der Waals surface area contributed by atoms with Crippen molar-refractivity contribution in [2.24, 2.45) is 5.92 Å². The van der Waals surface area contributed by atoms with Crippen molar-refractivity contribution in [2.75, 3.05) is 19.5 Å². The first-order chi connectivity index (χ1) is 14.7. The maximum Gasteiger partial charge on any atom is 0.341 e. The molecule has 0 saturated carbocycles. The Morgan fingerprint density at radius 2 is 1.97 bits per heavy atom. The third kappa shape index (κ3) is 4.11. The molecule has 3 aromatic rings. The zero-order chi connectivity index (χ0) is 22.9. The van der Waals surface area contributed by atoms with E-state index in [1.807, 2.05) is 13.8 Å². The molecule has 3 rings (SSSR count). The van der Waals surface area contributed by atoms with Crippen molar-refractivity contribution in [3.63, 3.8) is 0 Å². The number of aromatic nitrogens is 1. The third-order valence-corrected chi connectivity index (χ3v) is 5.47. The van der Waals surface area contributed by atoms with E-state index in [-0.39, 0.29) is 30.0 Å². The predicted octanol–water partition coefficient (Wildman–Crippen LogP) is 3.21. The molecule has 164 valence electrons. The van der Waals surface area contributed by atoms with Crippen LogP contribution in [-0.2, 0) is 6.42 Å². The van der Waals surface area contributed by atoms with Gasteiger partial charge in [0, 0.05) is 24.1 Å². The number of aromatic carboxylic acids is 1. The van der Waals surface area contributed by atoms with E-state index in [4.69, 9.17) is 10.5 Å². The van der Waals surface area contributed by atoms with Crippen LogP contribution in [0, 0.1) is 11.7 Å². The number of carboxylic acid groups (broad SMARTS) is 1. The van der Waals surface area contributed by atoms with Gasteiger partial charge in [-0.1, -0.05) is 26.0 Å². The Morgan fingerprint density at radius 1 is 1.26 bits per heavy atom. The van der Waals surface area contributed by atoms with Crippen LogP contribution in [0.1, 0.15) is 41.4 Å². The number of aliphatic hydroxyl groups excluding tert-OH is 1. The number of aliphatic hydroxyl groups is 1. The summed E-state index contributed by atoms with van der Waals surface area (Å²) in [4.78, 5) is 24.7. The van der Waals surface area contributed by atoms with E-state index in [0.29, 0.717) is 22.4 Å². The summed E-state index contributed by atoms with van der Waals surface area (Å²) < 4.78 is 21.5. The van der Waals surface area contributed by atoms with Crippen LogP contribution in [0.3, 0.4) is 0 Å². The number of nitrogens with two attached hydrogens (primary N) is 1. The van der Waals surface area contributed by atoms with Crippen molar-refractivity contribution in [3.05, 3.63) is 69.3 Å². The number of carbonyl (C=O) groups is 1. The topological polar surface area (TPSA) is 115 Å². The smallest absolute Gasteiger partial charge is 0.341 e. The number of hydrogen-bond acceptors (Lipinski definition) is 5. The normalized spacial score (nSPS) is 12.3. The number of nitrogen functional groups attached to an aromatic ring is 1. The van der Waals surface area contributed by atoms with E-state index < -0.39 is 28.8 Å². The summed E-state index contributed by atoms with van der Waals surface area (Å²) in [7, 11) is 1.46. The van der Waals surface area contributed by atoms with Crippen molar-refractivity contribution in [1.29, 1.82) is 0 Å². The van der Waals surface area contributed by atoms with Crippen LogP contribution >= 0.6 is 0 Å². The van der Waals surface area contributed by atoms with Gasteiger partial charge in [0.2, 0.25) is 5.43 Å². The number of rotatable bonds is 7. The van der Waals surface area contributed by atoms with Gasteiger partial charge in [-0.25, -0.2) is 9.18 Å². The lowest BCUT2D eigenvalue weighted by atomic mass is 9.98. The number of ether oxygens (including phenoxy) is 1. The fourth-order valence-electron chi connectivity index (χ4n) is 3.74. The van der Waals surface area contributed by atoms with Gasteiger partial charge in [0.1, 0.15) is 17.1 Å². The zero-order valence-corrected chi connectivity index (χ0v) is 17.6. The maximum absolute atomic E-state index is 14.5. The van der Waals surface area contributed by atoms with Crippen molar-refractivity contribution in [1.82, 2.24) is 4.57 Å². The quantitative estimate of drug-likeness (QED) is 0.498. The molecule has 0 radical (unpaired) electrons. The van der Waals surface area contributed by atoms with Gasteiger partial charge >= 0.3 is 5.97 Å². The monoisotopic (exact) mass is 428 g/mol. The minimum absolute atomic E-state index is 0.00972. The molecule has 1 aromatic heterocycles. The van der Waals surface area contributed by atoms with E-state index in [1.54, 1.807) is 22.8 Å². The maximum atomic E-state index is 14.5. The second kappa shape index (κ2) is 8.77. The van der Waals surface area contributed by atoms with E-state index >= 15 is 0 Å². The van der Waals surface area contributed by atoms with Crippen molar-refractivity contribution in [2.45, 2.75) is 26.3 Å². The summed E-state index contributed by atoms with van der Waals surface area (Å²) in [6.07, 6.45) is 1.35. The highest BCUT2D eigenvalue weighted by molar-refractivity contribution is 5.93. The van der Waals surface area contributed by atoms with E-state index in [1.165, 1.54) is 25.4 Å². The first-order valence-corrected chi connectivity index (χ1v) is 9.82. The molecule has 0 aliphatic rings. The molecule has 0 amide bonds. The highest BCUT2D eigenvalue weighted by Gasteiger charge is 2.23. The summed E-state index contributed by atoms with van der Waals surface area (Å²) >= 11 is 0. The number of methoxy groups -OCH3 is 1. The van der Waals surface area contributed by atoms with E-state index in [2.05, 4.69) is 0 Å². The van der Waals surface area contributed by atoms with Gasteiger partial charge in [-0.2, -0.15) is 0 Å². The Bertz CT molecular complexity index is 1200. The van der Waals surface area contributed by atoms with Gasteiger partial charge in [0.05, 0.1) is 31.0 Å². The largest absolute Gasteiger partial charge is 0.496 e. The second-order valence-electron chi connectivity index (χ2n) is 7.76. The number of nitrogens with zero attached hydrogens (tertiary/aromatic N) is 1. The van der Waals surface area contributed by atoms with Crippen LogP contribution in [0.2, 0.25) is 0 Å². The number of hydrogen-bond donors (Lipinski definition) is 3. The molecule has 0 fully saturated rings. The van der Waals surface area contributed by atoms with Crippen molar-refractivity contribution in [3.8, 4) is 5.75 Å². The third-order valence-electron chi connectivity index (χ3n) is 5.47. The first kappa shape index (κ1) is 22.3. The molecule has 1 atom stereocenters. The molecular formula is C23H25FN2O5. The van der Waals surface area contributed by atoms with Gasteiger partial charge in [-0.15, -0.1) is 0 Å². The van der Waals surface area contributed by atoms with Gasteiger partial charge in [0.25, 0.3) is 0 Å². The molecule has 0 unspecified atom stereocenters. The molecule has 0 spiro atoms. The molecule has 31 heavy (non-hydrogen) atoms. The van der Waals surface area contributed by atoms with Crippen LogP contribution in [0.4, 0.5) is 10.1 Å². The lowest BCUT2D eigenvalue weighted by molar-refractivity contribution is 0.0694. The first-order valence-electron chi connectivity index (χ1n) is 9.82. The van der Waals surface area contributed by atoms with Crippen molar-refractivity contribution >= 4 is 22.6 Å². The number of pyridine rings is 1. The standard InChI is InChI=1S/C23H25FN2O5/c1-12(2)19(11-27)26-10-16(23(29)30)22(28)15-8-14(20(31-3)9-18(15)26)7-13-5-4-6-17(25)21(13)24/h4-6,8-10,12,19,27H,7,11,25H2,1-3H3,(H,29,30)/t19-/m1/s1. The highest BCUT2D eigenvalue weighted by Crippen LogP contribution is 2.31. The molecule has 0 aliphatic heterocycles. The number of anilines is 1. The molecule has 0 bridgehead atoms. The molecule has 0 aliphatic carbocycles. The Balaban J connectivity index is 2.32. The second-order valence-corrected chi connectivity index (χ2v) is 7.76. The van der Waals surface area contributed by atoms with Gasteiger partial charge in [0.15, 0.2) is 0 Å². The van der Waals surface area contributed by atoms with E-state index in [9.17, 15) is 24.2 Å². The minimum Gasteiger partial charge on any atom is -0.496 e. The van der Waals surface area contributed by atoms with Crippen molar-refractivity contribution < 1.29 is 24.1 Å². The lowest BCUT2D eigenvalue weighted by Gasteiger charge is -2.25. The number of halogens is 1. The Labute approximate surface area is 178 Å². The molecule has 8 heteroatoms. The number of fused-ring (bicyclic) bond motifs is 1. The highest BCUT2D eigenvalue weighted by atomic mass is 19.1. The fraction of sp³-hybridized carbons (Fsp3) is 0.304. The van der Waals surface area contributed by atoms with Crippen LogP contribution in [0.15, 0.2) is 41.3 Å². The summed E-state index contributed by atoms with van der Waals surface area (Å²) in [5, 5.41) is 19.6. The SMILES string of the molecule is COc1cc2c(cc1Cc1cccc(N)c1F)c(=O)c(C(=O)O)cn2[C@H](CO)C(C)C. The lowest BCUT2D eigenvalue weighted by Crippen LogP contribution is -2.25. The van der Waals surface area contributed by atoms with Crippen LogP contribution in [0.25, 0.3) is 10.9 Å². The average Bonchev–Trinajstić information content (AvgIpc) is 2.72. The molecule has 1 heterocycles. The Morgan fingerprint density at radius 3 is 2.55 bits per heavy atom. The zero-order valence-electron chi connectivity index (χ0n) is 17.6. The molecule has 0 saturated heterocycles. The fourth-order valence-corrected chi connectivity index (χ4v) is 3.74. The Hall–Kier alpha value is -3.39. The summed E-state index contributed by atoms with van der Waals surface area (Å²) in [5.74, 6) is -1.54. The molecule has 7 nitrogen and oxygen atoms in total. The van der Waals surface area contributed by atoms with Gasteiger partial charge < -0.3 is 25.3 Å². The molecule has 2 aromatic carbocycles. The average molecular weight is 428 g/mol. The summed E-state index contributed by atoms with van der Waals surface area (Å²) in [6.45, 7) is 3.53. The van der Waals surface area contributed by atoms with Crippen LogP contribution in [-0.4, -0.2) is 34.5 Å². The van der Waals surface area contributed by atoms with Crippen LogP contribution in [0.5, 0.6) is 5.75 Å². The van der Waals surface area contributed by atoms with Gasteiger partial charge in [-0.3, -0.25) is 4.79 Å². The summed E-state index contributed by atoms with van der Waals surface area (Å²) in [5.41, 5.74) is 5.87. The number of benzene rings is 2. The predicted molar refractivity (Wildman–Crippen MR) is 116 cm³/mol. The molecule has 4 N–H and O–H groups in total. The number of carboxylic acids is 1. The van der Waals surface area contributed by atoms with Gasteiger partial charge in [-0.05, 0) is 29.2 Å². The Kier molecular flexibility index (Phi) is 6.31.